The lowest BCUT2D eigenvalue weighted by molar-refractivity contribution is -0.117. The summed E-state index contributed by atoms with van der Waals surface area (Å²) in [6, 6.07) is 12.0. The Morgan fingerprint density at radius 2 is 1.88 bits per heavy atom. The molecule has 0 unspecified atom stereocenters. The summed E-state index contributed by atoms with van der Waals surface area (Å²) in [7, 11) is 1.92. The van der Waals surface area contributed by atoms with Crippen molar-refractivity contribution in [2.24, 2.45) is 12.0 Å². The molecule has 0 saturated carbocycles. The van der Waals surface area contributed by atoms with Gasteiger partial charge in [-0.1, -0.05) is 61.1 Å². The average Bonchev–Trinajstić information content (AvgIpc) is 2.88. The number of benzene rings is 2. The number of amides is 1. The van der Waals surface area contributed by atoms with E-state index in [-0.39, 0.29) is 5.91 Å². The second kappa shape index (κ2) is 7.14. The van der Waals surface area contributed by atoms with Gasteiger partial charge in [0.25, 0.3) is 5.91 Å². The minimum atomic E-state index is -0.136. The molecule has 0 N–H and O–H groups in total. The zero-order chi connectivity index (χ0) is 18.1. The maximum Gasteiger partial charge on any atom is 0.252 e. The first-order chi connectivity index (χ1) is 11.9. The molecule has 0 aliphatic heterocycles. The Morgan fingerprint density at radius 1 is 1.20 bits per heavy atom. The molecule has 0 bridgehead atoms. The maximum atomic E-state index is 12.4. The van der Waals surface area contributed by atoms with Gasteiger partial charge in [0.1, 0.15) is 0 Å². The van der Waals surface area contributed by atoms with Crippen molar-refractivity contribution in [3.8, 4) is 0 Å². The van der Waals surface area contributed by atoms with E-state index < -0.39 is 0 Å². The van der Waals surface area contributed by atoms with Crippen molar-refractivity contribution < 1.29 is 4.79 Å². The molecule has 3 aromatic rings. The number of carbonyl (C=O) groups excluding carboxylic acids is 1. The number of nitrogens with zero attached hydrogens (tertiary/aromatic N) is 2. The van der Waals surface area contributed by atoms with Gasteiger partial charge in [-0.25, -0.2) is 0 Å². The normalized spacial score (nSPS) is 12.3. The molecule has 0 saturated heterocycles. The van der Waals surface area contributed by atoms with E-state index in [0.717, 1.165) is 26.4 Å². The van der Waals surface area contributed by atoms with Crippen LogP contribution < -0.4 is 4.80 Å². The third-order valence-electron chi connectivity index (χ3n) is 4.37. The smallest absolute Gasteiger partial charge is 0.252 e. The molecular formula is C20H21ClN2OS. The lowest BCUT2D eigenvalue weighted by atomic mass is 10.0. The minimum absolute atomic E-state index is 0.136. The van der Waals surface area contributed by atoms with Crippen LogP contribution in [0.2, 0.25) is 5.02 Å². The van der Waals surface area contributed by atoms with Crippen LogP contribution in [0.15, 0.2) is 41.4 Å². The Labute approximate surface area is 156 Å². The first-order valence-electron chi connectivity index (χ1n) is 8.28. The monoisotopic (exact) mass is 372 g/mol. The van der Waals surface area contributed by atoms with Crippen LogP contribution in [0.25, 0.3) is 10.2 Å². The summed E-state index contributed by atoms with van der Waals surface area (Å²) in [6.07, 6.45) is 0.312. The Bertz CT molecular complexity index is 997. The topological polar surface area (TPSA) is 34.4 Å². The number of fused-ring (bicyclic) bond motifs is 1. The van der Waals surface area contributed by atoms with Crippen molar-refractivity contribution in [3.05, 3.63) is 62.9 Å². The van der Waals surface area contributed by atoms with Gasteiger partial charge in [0.15, 0.2) is 4.80 Å². The van der Waals surface area contributed by atoms with Crippen molar-refractivity contribution in [3.63, 3.8) is 0 Å². The van der Waals surface area contributed by atoms with Crippen LogP contribution in [0.3, 0.4) is 0 Å². The van der Waals surface area contributed by atoms with Gasteiger partial charge >= 0.3 is 0 Å². The van der Waals surface area contributed by atoms with Gasteiger partial charge < -0.3 is 4.57 Å². The van der Waals surface area contributed by atoms with E-state index in [1.165, 1.54) is 16.9 Å². The van der Waals surface area contributed by atoms with Crippen LogP contribution in [0.1, 0.15) is 36.5 Å². The Balaban J connectivity index is 1.90. The molecule has 25 heavy (non-hydrogen) atoms. The Hall–Kier alpha value is -1.91. The second-order valence-corrected chi connectivity index (χ2v) is 7.96. The molecule has 1 heterocycles. The highest BCUT2D eigenvalue weighted by Crippen LogP contribution is 2.26. The van der Waals surface area contributed by atoms with Crippen molar-refractivity contribution in [1.29, 1.82) is 0 Å². The van der Waals surface area contributed by atoms with Gasteiger partial charge in [-0.2, -0.15) is 4.99 Å². The van der Waals surface area contributed by atoms with E-state index in [4.69, 9.17) is 11.6 Å². The Morgan fingerprint density at radius 3 is 2.52 bits per heavy atom. The van der Waals surface area contributed by atoms with Gasteiger partial charge in [-0.05, 0) is 41.7 Å². The molecule has 130 valence electrons. The van der Waals surface area contributed by atoms with Crippen LogP contribution in [0.4, 0.5) is 0 Å². The largest absolute Gasteiger partial charge is 0.319 e. The first kappa shape index (κ1) is 17.9. The number of thiazole rings is 1. The average molecular weight is 373 g/mol. The lowest BCUT2D eigenvalue weighted by Gasteiger charge is -2.05. The predicted octanol–water partition coefficient (Wildman–Crippen LogP) is 5.00. The van der Waals surface area contributed by atoms with E-state index in [2.05, 4.69) is 31.0 Å². The molecule has 0 radical (unpaired) electrons. The highest BCUT2D eigenvalue weighted by atomic mass is 35.5. The zero-order valence-corrected chi connectivity index (χ0v) is 16.4. The van der Waals surface area contributed by atoms with Crippen LogP contribution in [-0.2, 0) is 18.3 Å². The van der Waals surface area contributed by atoms with Crippen molar-refractivity contribution >= 4 is 39.1 Å². The van der Waals surface area contributed by atoms with Gasteiger partial charge in [-0.15, -0.1) is 0 Å². The number of aromatic nitrogens is 1. The standard InChI is InChI=1S/C20H21ClN2OS/c1-12(2)15-7-5-14(6-8-15)11-18(24)22-20-23(4)19-13(3)16(21)9-10-17(19)25-20/h5-10,12H,11H2,1-4H3. The summed E-state index contributed by atoms with van der Waals surface area (Å²) >= 11 is 7.72. The van der Waals surface area contributed by atoms with E-state index in [1.54, 1.807) is 0 Å². The minimum Gasteiger partial charge on any atom is -0.319 e. The van der Waals surface area contributed by atoms with Crippen molar-refractivity contribution in [1.82, 2.24) is 4.57 Å². The fourth-order valence-corrected chi connectivity index (χ4v) is 4.10. The quantitative estimate of drug-likeness (QED) is 0.637. The van der Waals surface area contributed by atoms with Crippen molar-refractivity contribution in [2.75, 3.05) is 0 Å². The Kier molecular flexibility index (Phi) is 5.11. The SMILES string of the molecule is Cc1c(Cl)ccc2sc(=NC(=O)Cc3ccc(C(C)C)cc3)n(C)c12. The first-order valence-corrected chi connectivity index (χ1v) is 9.47. The fraction of sp³-hybridized carbons (Fsp3) is 0.300. The molecule has 3 nitrogen and oxygen atoms in total. The maximum absolute atomic E-state index is 12.4. The number of carbonyl (C=O) groups is 1. The number of aryl methyl sites for hydroxylation is 2. The summed E-state index contributed by atoms with van der Waals surface area (Å²) in [4.78, 5) is 17.4. The summed E-state index contributed by atoms with van der Waals surface area (Å²) in [6.45, 7) is 6.30. The number of halogens is 1. The molecule has 2 aromatic carbocycles. The molecule has 1 aromatic heterocycles. The second-order valence-electron chi connectivity index (χ2n) is 6.54. The van der Waals surface area contributed by atoms with Gasteiger partial charge in [0.05, 0.1) is 16.6 Å². The van der Waals surface area contributed by atoms with Gasteiger partial charge in [0.2, 0.25) is 0 Å². The van der Waals surface area contributed by atoms with Crippen LogP contribution in [0.5, 0.6) is 0 Å². The lowest BCUT2D eigenvalue weighted by Crippen LogP contribution is -2.14. The summed E-state index contributed by atoms with van der Waals surface area (Å²) in [5.74, 6) is 0.352. The summed E-state index contributed by atoms with van der Waals surface area (Å²) in [5, 5.41) is 0.726. The van der Waals surface area contributed by atoms with E-state index >= 15 is 0 Å². The van der Waals surface area contributed by atoms with Gasteiger partial charge in [-0.3, -0.25) is 4.79 Å². The fourth-order valence-electron chi connectivity index (χ4n) is 2.85. The number of hydrogen-bond acceptors (Lipinski definition) is 2. The van der Waals surface area contributed by atoms with E-state index in [1.807, 2.05) is 42.8 Å². The number of rotatable bonds is 3. The molecule has 0 aliphatic carbocycles. The van der Waals surface area contributed by atoms with E-state index in [0.29, 0.717) is 17.1 Å². The van der Waals surface area contributed by atoms with E-state index in [9.17, 15) is 4.79 Å². The molecule has 0 atom stereocenters. The molecular weight excluding hydrogens is 352 g/mol. The third kappa shape index (κ3) is 3.70. The number of hydrogen-bond donors (Lipinski definition) is 0. The molecule has 5 heteroatoms. The molecule has 0 aliphatic rings. The third-order valence-corrected chi connectivity index (χ3v) is 5.88. The predicted molar refractivity (Wildman–Crippen MR) is 105 cm³/mol. The zero-order valence-electron chi connectivity index (χ0n) is 14.8. The molecule has 1 amide bonds. The van der Waals surface area contributed by atoms with Crippen LogP contribution in [-0.4, -0.2) is 10.5 Å². The van der Waals surface area contributed by atoms with Crippen LogP contribution in [0, 0.1) is 6.92 Å². The molecule has 0 fully saturated rings. The summed E-state index contributed by atoms with van der Waals surface area (Å²) < 4.78 is 3.03. The highest BCUT2D eigenvalue weighted by Gasteiger charge is 2.10. The summed E-state index contributed by atoms with van der Waals surface area (Å²) in [5.41, 5.74) is 4.30. The highest BCUT2D eigenvalue weighted by molar-refractivity contribution is 7.16. The van der Waals surface area contributed by atoms with Crippen LogP contribution >= 0.6 is 22.9 Å². The molecule has 3 rings (SSSR count). The van der Waals surface area contributed by atoms with Crippen molar-refractivity contribution in [2.45, 2.75) is 33.1 Å². The van der Waals surface area contributed by atoms with Gasteiger partial charge in [0, 0.05) is 12.1 Å². The molecule has 0 spiro atoms.